The van der Waals surface area contributed by atoms with E-state index >= 15 is 0 Å². The lowest BCUT2D eigenvalue weighted by atomic mass is 10.2. The quantitative estimate of drug-likeness (QED) is 0.913. The second kappa shape index (κ2) is 6.12. The van der Waals surface area contributed by atoms with Gasteiger partial charge in [0.25, 0.3) is 0 Å². The van der Waals surface area contributed by atoms with Gasteiger partial charge in [0.05, 0.1) is 41.4 Å². The van der Waals surface area contributed by atoms with Gasteiger partial charge in [0.1, 0.15) is 0 Å². The molecule has 0 aliphatic heterocycles. The zero-order valence-corrected chi connectivity index (χ0v) is 12.3. The van der Waals surface area contributed by atoms with Crippen molar-refractivity contribution in [2.45, 2.75) is 32.9 Å². The first kappa shape index (κ1) is 14.0. The van der Waals surface area contributed by atoms with Gasteiger partial charge in [-0.3, -0.25) is 4.98 Å². The van der Waals surface area contributed by atoms with Crippen LogP contribution in [0.4, 0.5) is 5.69 Å². The predicted molar refractivity (Wildman–Crippen MR) is 78.4 cm³/mol. The van der Waals surface area contributed by atoms with E-state index < -0.39 is 6.10 Å². The Labute approximate surface area is 117 Å². The van der Waals surface area contributed by atoms with Gasteiger partial charge in [-0.1, -0.05) is 6.92 Å². The third kappa shape index (κ3) is 3.30. The summed E-state index contributed by atoms with van der Waals surface area (Å²) in [5.41, 5.74) is 4.73. The Balaban J connectivity index is 2.07. The van der Waals surface area contributed by atoms with Crippen LogP contribution in [0.2, 0.25) is 0 Å². The first-order chi connectivity index (χ1) is 9.11. The topological polar surface area (TPSA) is 49.2 Å². The smallest absolute Gasteiger partial charge is 0.0957 e. The highest BCUT2D eigenvalue weighted by molar-refractivity contribution is 7.09. The number of hydrogen-bond acceptors (Lipinski definition) is 5. The molecule has 0 aliphatic carbocycles. The standard InChI is InChI=1S/C14H19N3OS/c1-4-13(18)12-6-5-11(7-15-12)17(3)8-14-10(2)16-9-19-14/h5-7,9,13,18H,4,8H2,1-3H3. The average Bonchev–Trinajstić information content (AvgIpc) is 2.83. The minimum atomic E-state index is -0.469. The van der Waals surface area contributed by atoms with Gasteiger partial charge in [0.2, 0.25) is 0 Å². The summed E-state index contributed by atoms with van der Waals surface area (Å²) < 4.78 is 0. The Kier molecular flexibility index (Phi) is 4.50. The van der Waals surface area contributed by atoms with Gasteiger partial charge >= 0.3 is 0 Å². The molecule has 102 valence electrons. The summed E-state index contributed by atoms with van der Waals surface area (Å²) >= 11 is 1.67. The number of nitrogens with zero attached hydrogens (tertiary/aromatic N) is 3. The Hall–Kier alpha value is -1.46. The number of aliphatic hydroxyl groups is 1. The minimum absolute atomic E-state index is 0.469. The van der Waals surface area contributed by atoms with Crippen molar-refractivity contribution in [1.29, 1.82) is 0 Å². The third-order valence-electron chi connectivity index (χ3n) is 3.17. The highest BCUT2D eigenvalue weighted by Gasteiger charge is 2.09. The number of anilines is 1. The van der Waals surface area contributed by atoms with E-state index in [-0.39, 0.29) is 0 Å². The Morgan fingerprint density at radius 3 is 2.68 bits per heavy atom. The molecule has 1 unspecified atom stereocenters. The number of rotatable bonds is 5. The average molecular weight is 277 g/mol. The first-order valence-corrected chi connectivity index (χ1v) is 7.24. The summed E-state index contributed by atoms with van der Waals surface area (Å²) in [4.78, 5) is 12.0. The van der Waals surface area contributed by atoms with Gasteiger partial charge in [0.15, 0.2) is 0 Å². The molecule has 0 spiro atoms. The molecule has 1 atom stereocenters. The van der Waals surface area contributed by atoms with Gasteiger partial charge in [0, 0.05) is 11.9 Å². The summed E-state index contributed by atoms with van der Waals surface area (Å²) in [5, 5.41) is 9.72. The summed E-state index contributed by atoms with van der Waals surface area (Å²) in [7, 11) is 2.03. The van der Waals surface area contributed by atoms with E-state index in [1.165, 1.54) is 4.88 Å². The molecule has 0 amide bonds. The maximum atomic E-state index is 9.72. The van der Waals surface area contributed by atoms with E-state index in [1.807, 2.05) is 44.7 Å². The van der Waals surface area contributed by atoms with E-state index in [1.54, 1.807) is 11.3 Å². The van der Waals surface area contributed by atoms with Crippen molar-refractivity contribution >= 4 is 17.0 Å². The second-order valence-electron chi connectivity index (χ2n) is 4.58. The van der Waals surface area contributed by atoms with Crippen molar-refractivity contribution in [2.75, 3.05) is 11.9 Å². The van der Waals surface area contributed by atoms with Crippen LogP contribution in [-0.4, -0.2) is 22.1 Å². The molecule has 0 saturated heterocycles. The molecule has 1 N–H and O–H groups in total. The van der Waals surface area contributed by atoms with Gasteiger partial charge in [-0.25, -0.2) is 4.98 Å². The molecule has 19 heavy (non-hydrogen) atoms. The zero-order chi connectivity index (χ0) is 13.8. The van der Waals surface area contributed by atoms with E-state index in [4.69, 9.17) is 0 Å². The van der Waals surface area contributed by atoms with Gasteiger partial charge in [-0.05, 0) is 25.5 Å². The van der Waals surface area contributed by atoms with E-state index in [0.717, 1.165) is 23.6 Å². The molecule has 2 heterocycles. The van der Waals surface area contributed by atoms with Crippen LogP contribution in [0.3, 0.4) is 0 Å². The van der Waals surface area contributed by atoms with Crippen LogP contribution < -0.4 is 4.90 Å². The molecule has 2 aromatic heterocycles. The highest BCUT2D eigenvalue weighted by Crippen LogP contribution is 2.21. The number of pyridine rings is 1. The number of aliphatic hydroxyl groups excluding tert-OH is 1. The molecule has 0 aromatic carbocycles. The summed E-state index contributed by atoms with van der Waals surface area (Å²) in [5.74, 6) is 0. The lowest BCUT2D eigenvalue weighted by Gasteiger charge is -2.19. The zero-order valence-electron chi connectivity index (χ0n) is 11.5. The molecule has 0 fully saturated rings. The van der Waals surface area contributed by atoms with Crippen LogP contribution in [0.1, 0.15) is 35.7 Å². The van der Waals surface area contributed by atoms with E-state index in [9.17, 15) is 5.11 Å². The first-order valence-electron chi connectivity index (χ1n) is 6.36. The van der Waals surface area contributed by atoms with Crippen LogP contribution in [0.25, 0.3) is 0 Å². The molecule has 4 nitrogen and oxygen atoms in total. The summed E-state index contributed by atoms with van der Waals surface area (Å²) in [6, 6.07) is 3.89. The molecule has 0 saturated carbocycles. The third-order valence-corrected chi connectivity index (χ3v) is 4.09. The van der Waals surface area contributed by atoms with Crippen molar-refractivity contribution in [2.24, 2.45) is 0 Å². The number of aromatic nitrogens is 2. The van der Waals surface area contributed by atoms with Crippen molar-refractivity contribution in [1.82, 2.24) is 9.97 Å². The minimum Gasteiger partial charge on any atom is -0.387 e. The van der Waals surface area contributed by atoms with Crippen molar-refractivity contribution in [3.63, 3.8) is 0 Å². The second-order valence-corrected chi connectivity index (χ2v) is 5.52. The fraction of sp³-hybridized carbons (Fsp3) is 0.429. The molecule has 2 aromatic rings. The lowest BCUT2D eigenvalue weighted by Crippen LogP contribution is -2.16. The SMILES string of the molecule is CCC(O)c1ccc(N(C)Cc2scnc2C)cn1. The fourth-order valence-electron chi connectivity index (χ4n) is 1.81. The van der Waals surface area contributed by atoms with Gasteiger partial charge in [-0.15, -0.1) is 11.3 Å². The molecule has 2 rings (SSSR count). The summed E-state index contributed by atoms with van der Waals surface area (Å²) in [6.07, 6.45) is 2.02. The van der Waals surface area contributed by atoms with Crippen LogP contribution in [0, 0.1) is 6.92 Å². The Bertz CT molecular complexity index is 524. The van der Waals surface area contributed by atoms with Gasteiger partial charge in [-0.2, -0.15) is 0 Å². The fourth-order valence-corrected chi connectivity index (χ4v) is 2.64. The van der Waals surface area contributed by atoms with Crippen LogP contribution in [0.15, 0.2) is 23.8 Å². The normalized spacial score (nSPS) is 12.4. The Morgan fingerprint density at radius 2 is 2.16 bits per heavy atom. The molecular weight excluding hydrogens is 258 g/mol. The maximum Gasteiger partial charge on any atom is 0.0957 e. The Morgan fingerprint density at radius 1 is 1.37 bits per heavy atom. The lowest BCUT2D eigenvalue weighted by molar-refractivity contribution is 0.169. The number of aryl methyl sites for hydroxylation is 1. The maximum absolute atomic E-state index is 9.72. The largest absolute Gasteiger partial charge is 0.387 e. The number of thiazole rings is 1. The van der Waals surface area contributed by atoms with Crippen LogP contribution in [0.5, 0.6) is 0 Å². The van der Waals surface area contributed by atoms with Crippen LogP contribution >= 0.6 is 11.3 Å². The predicted octanol–water partition coefficient (Wildman–Crippen LogP) is 2.93. The van der Waals surface area contributed by atoms with Crippen molar-refractivity contribution in [3.05, 3.63) is 40.1 Å². The molecular formula is C14H19N3OS. The number of hydrogen-bond donors (Lipinski definition) is 1. The van der Waals surface area contributed by atoms with E-state index in [0.29, 0.717) is 6.42 Å². The molecule has 0 aliphatic rings. The molecule has 0 bridgehead atoms. The van der Waals surface area contributed by atoms with Crippen LogP contribution in [-0.2, 0) is 6.54 Å². The monoisotopic (exact) mass is 277 g/mol. The molecule has 5 heteroatoms. The van der Waals surface area contributed by atoms with Crippen molar-refractivity contribution in [3.8, 4) is 0 Å². The van der Waals surface area contributed by atoms with E-state index in [2.05, 4.69) is 14.9 Å². The van der Waals surface area contributed by atoms with Crippen molar-refractivity contribution < 1.29 is 5.11 Å². The molecule has 0 radical (unpaired) electrons. The summed E-state index contributed by atoms with van der Waals surface area (Å²) in [6.45, 7) is 4.80. The van der Waals surface area contributed by atoms with Gasteiger partial charge < -0.3 is 10.0 Å². The highest BCUT2D eigenvalue weighted by atomic mass is 32.1.